The summed E-state index contributed by atoms with van der Waals surface area (Å²) in [5.41, 5.74) is 1.65. The van der Waals surface area contributed by atoms with Crippen molar-refractivity contribution >= 4 is 0 Å². The van der Waals surface area contributed by atoms with Crippen LogP contribution in [0.1, 0.15) is 38.0 Å². The van der Waals surface area contributed by atoms with E-state index in [4.69, 9.17) is 0 Å². The molecule has 0 spiro atoms. The van der Waals surface area contributed by atoms with Crippen LogP contribution in [0, 0.1) is 11.3 Å². The highest BCUT2D eigenvalue weighted by Crippen LogP contribution is 2.28. The second-order valence-electron chi connectivity index (χ2n) is 6.71. The molecule has 0 radical (unpaired) electrons. The fourth-order valence-corrected chi connectivity index (χ4v) is 2.68. The number of rotatable bonds is 5. The first-order chi connectivity index (χ1) is 10.9. The molecule has 23 heavy (non-hydrogen) atoms. The predicted octanol–water partition coefficient (Wildman–Crippen LogP) is 3.91. The number of hydrogen-bond donors (Lipinski definition) is 1. The van der Waals surface area contributed by atoms with Crippen LogP contribution in [0.5, 0.6) is 0 Å². The summed E-state index contributed by atoms with van der Waals surface area (Å²) < 4.78 is 0. The van der Waals surface area contributed by atoms with Crippen LogP contribution < -0.4 is 0 Å². The molecule has 2 atom stereocenters. The van der Waals surface area contributed by atoms with Crippen LogP contribution in [-0.4, -0.2) is 21.6 Å². The summed E-state index contributed by atoms with van der Waals surface area (Å²) in [6.07, 6.45) is -0.843. The molecule has 0 aromatic heterocycles. The molecule has 0 aliphatic rings. The van der Waals surface area contributed by atoms with Gasteiger partial charge in [-0.25, -0.2) is 0 Å². The van der Waals surface area contributed by atoms with E-state index in [1.54, 1.807) is 0 Å². The van der Waals surface area contributed by atoms with E-state index in [0.717, 1.165) is 11.1 Å². The van der Waals surface area contributed by atoms with Gasteiger partial charge in [-0.1, -0.05) is 60.7 Å². The van der Waals surface area contributed by atoms with Crippen LogP contribution in [0.2, 0.25) is 0 Å². The largest absolute Gasteiger partial charge is 0.386 e. The molecule has 0 amide bonds. The number of nitrogens with zero attached hydrogens (tertiary/aromatic N) is 2. The van der Waals surface area contributed by atoms with Crippen LogP contribution in [0.25, 0.3) is 0 Å². The van der Waals surface area contributed by atoms with Crippen molar-refractivity contribution in [1.82, 2.24) is 4.90 Å². The van der Waals surface area contributed by atoms with E-state index in [9.17, 15) is 10.4 Å². The molecule has 0 unspecified atom stereocenters. The van der Waals surface area contributed by atoms with Crippen molar-refractivity contribution in [1.29, 1.82) is 5.26 Å². The Hall–Kier alpha value is -2.15. The van der Waals surface area contributed by atoms with Gasteiger partial charge in [0.1, 0.15) is 12.1 Å². The molecule has 0 heterocycles. The molecule has 3 heteroatoms. The topological polar surface area (TPSA) is 47.3 Å². The average molecular weight is 308 g/mol. The maximum Gasteiger partial charge on any atom is 0.129 e. The van der Waals surface area contributed by atoms with E-state index in [0.29, 0.717) is 6.54 Å². The fourth-order valence-electron chi connectivity index (χ4n) is 2.68. The Morgan fingerprint density at radius 3 is 2.00 bits per heavy atom. The minimum Gasteiger partial charge on any atom is -0.386 e. The van der Waals surface area contributed by atoms with Crippen molar-refractivity contribution < 1.29 is 5.11 Å². The second kappa shape index (κ2) is 7.41. The van der Waals surface area contributed by atoms with Gasteiger partial charge in [0.2, 0.25) is 0 Å². The summed E-state index contributed by atoms with van der Waals surface area (Å²) in [6.45, 7) is 6.82. The zero-order valence-electron chi connectivity index (χ0n) is 14.0. The Morgan fingerprint density at radius 1 is 1.00 bits per heavy atom. The average Bonchev–Trinajstić information content (AvgIpc) is 2.55. The molecule has 3 nitrogen and oxygen atoms in total. The van der Waals surface area contributed by atoms with Gasteiger partial charge in [0.05, 0.1) is 6.07 Å². The van der Waals surface area contributed by atoms with Crippen LogP contribution in [-0.2, 0) is 6.54 Å². The van der Waals surface area contributed by atoms with Crippen molar-refractivity contribution in [2.45, 2.75) is 45.0 Å². The fraction of sp³-hybridized carbons (Fsp3) is 0.350. The molecule has 2 aromatic rings. The number of aliphatic hydroxyl groups is 1. The van der Waals surface area contributed by atoms with Crippen LogP contribution in [0.15, 0.2) is 60.7 Å². The summed E-state index contributed by atoms with van der Waals surface area (Å²) in [5, 5.41) is 20.4. The van der Waals surface area contributed by atoms with Crippen molar-refractivity contribution in [2.75, 3.05) is 0 Å². The Bertz CT molecular complexity index is 641. The lowest BCUT2D eigenvalue weighted by molar-refractivity contribution is 0.0176. The van der Waals surface area contributed by atoms with E-state index in [2.05, 4.69) is 31.7 Å². The summed E-state index contributed by atoms with van der Waals surface area (Å²) in [6, 6.07) is 21.1. The van der Waals surface area contributed by atoms with Crippen LogP contribution in [0.4, 0.5) is 0 Å². The van der Waals surface area contributed by atoms with E-state index >= 15 is 0 Å². The van der Waals surface area contributed by atoms with E-state index < -0.39 is 12.1 Å². The molecule has 2 rings (SSSR count). The third-order valence-corrected chi connectivity index (χ3v) is 3.97. The Labute approximate surface area is 138 Å². The molecule has 0 aliphatic heterocycles. The van der Waals surface area contributed by atoms with Gasteiger partial charge in [0.25, 0.3) is 0 Å². The van der Waals surface area contributed by atoms with Gasteiger partial charge >= 0.3 is 0 Å². The first-order valence-electron chi connectivity index (χ1n) is 7.87. The number of hydrogen-bond acceptors (Lipinski definition) is 3. The zero-order valence-corrected chi connectivity index (χ0v) is 14.0. The highest BCUT2D eigenvalue weighted by molar-refractivity contribution is 5.23. The Morgan fingerprint density at radius 2 is 1.52 bits per heavy atom. The molecule has 0 bridgehead atoms. The lowest BCUT2D eigenvalue weighted by Gasteiger charge is -2.40. The van der Waals surface area contributed by atoms with E-state index in [1.165, 1.54) is 0 Å². The van der Waals surface area contributed by atoms with Crippen molar-refractivity contribution in [3.05, 3.63) is 71.8 Å². The standard InChI is InChI=1S/C20H24N2O/c1-20(2,3)22(15-16-10-6-4-7-11-16)18(14-21)19(23)17-12-8-5-9-13-17/h4-13,18-19,23H,15H2,1-3H3/t18-,19-/m1/s1. The summed E-state index contributed by atoms with van der Waals surface area (Å²) in [4.78, 5) is 2.06. The van der Waals surface area contributed by atoms with Gasteiger partial charge in [0, 0.05) is 12.1 Å². The Kier molecular flexibility index (Phi) is 5.54. The summed E-state index contributed by atoms with van der Waals surface area (Å²) in [5.74, 6) is 0. The summed E-state index contributed by atoms with van der Waals surface area (Å²) in [7, 11) is 0. The van der Waals surface area contributed by atoms with Gasteiger partial charge in [-0.3, -0.25) is 4.90 Å². The first kappa shape index (κ1) is 17.2. The lowest BCUT2D eigenvalue weighted by Crippen LogP contribution is -2.49. The number of benzene rings is 2. The molecule has 2 aromatic carbocycles. The zero-order chi connectivity index (χ0) is 16.9. The molecule has 1 N–H and O–H groups in total. The van der Waals surface area contributed by atoms with Gasteiger partial charge < -0.3 is 5.11 Å². The van der Waals surface area contributed by atoms with E-state index in [-0.39, 0.29) is 5.54 Å². The Balaban J connectivity index is 2.31. The van der Waals surface area contributed by atoms with Gasteiger partial charge in [-0.2, -0.15) is 5.26 Å². The first-order valence-corrected chi connectivity index (χ1v) is 7.87. The third kappa shape index (κ3) is 4.41. The number of aliphatic hydroxyl groups excluding tert-OH is 1. The van der Waals surface area contributed by atoms with Crippen molar-refractivity contribution in [3.8, 4) is 6.07 Å². The SMILES string of the molecule is CC(C)(C)N(Cc1ccccc1)[C@H](C#N)[C@H](O)c1ccccc1. The molecular formula is C20H24N2O. The molecule has 0 aliphatic carbocycles. The number of nitriles is 1. The molecule has 0 saturated carbocycles. The maximum atomic E-state index is 10.7. The highest BCUT2D eigenvalue weighted by atomic mass is 16.3. The molecule has 0 fully saturated rings. The van der Waals surface area contributed by atoms with E-state index in [1.807, 2.05) is 60.7 Å². The van der Waals surface area contributed by atoms with Gasteiger partial charge in [-0.15, -0.1) is 0 Å². The normalized spacial score (nSPS) is 14.3. The second-order valence-corrected chi connectivity index (χ2v) is 6.71. The maximum absolute atomic E-state index is 10.7. The predicted molar refractivity (Wildman–Crippen MR) is 92.5 cm³/mol. The minimum atomic E-state index is -0.843. The van der Waals surface area contributed by atoms with Gasteiger partial charge in [0.15, 0.2) is 0 Å². The van der Waals surface area contributed by atoms with Crippen molar-refractivity contribution in [2.24, 2.45) is 0 Å². The quantitative estimate of drug-likeness (QED) is 0.911. The smallest absolute Gasteiger partial charge is 0.129 e. The minimum absolute atomic E-state index is 0.244. The molecular weight excluding hydrogens is 284 g/mol. The molecule has 0 saturated heterocycles. The molecule has 120 valence electrons. The highest BCUT2D eigenvalue weighted by Gasteiger charge is 2.34. The van der Waals surface area contributed by atoms with Crippen LogP contribution in [0.3, 0.4) is 0 Å². The summed E-state index contributed by atoms with van der Waals surface area (Å²) >= 11 is 0. The van der Waals surface area contributed by atoms with Crippen LogP contribution >= 0.6 is 0 Å². The third-order valence-electron chi connectivity index (χ3n) is 3.97. The van der Waals surface area contributed by atoms with Crippen molar-refractivity contribution in [3.63, 3.8) is 0 Å². The van der Waals surface area contributed by atoms with Gasteiger partial charge in [-0.05, 0) is 31.9 Å². The monoisotopic (exact) mass is 308 g/mol. The lowest BCUT2D eigenvalue weighted by atomic mass is 9.95.